The van der Waals surface area contributed by atoms with Gasteiger partial charge in [-0.25, -0.2) is 4.98 Å². The highest BCUT2D eigenvalue weighted by atomic mass is 19.4. The van der Waals surface area contributed by atoms with Gasteiger partial charge in [-0.15, -0.1) is 6.58 Å². The molecule has 0 spiro atoms. The van der Waals surface area contributed by atoms with Gasteiger partial charge in [0.2, 0.25) is 5.91 Å². The number of amides is 1. The van der Waals surface area contributed by atoms with Crippen LogP contribution in [0.3, 0.4) is 0 Å². The van der Waals surface area contributed by atoms with Gasteiger partial charge in [-0.1, -0.05) is 18.2 Å². The molecule has 138 valence electrons. The molecule has 0 radical (unpaired) electrons. The molecule has 1 heterocycles. The fraction of sp³-hybridized carbons (Fsp3) is 0.368. The van der Waals surface area contributed by atoms with Crippen LogP contribution >= 0.6 is 0 Å². The molecule has 1 amide bonds. The highest BCUT2D eigenvalue weighted by Crippen LogP contribution is 2.31. The molecule has 2 aromatic rings. The summed E-state index contributed by atoms with van der Waals surface area (Å²) in [5.41, 5.74) is 0.0698. The van der Waals surface area contributed by atoms with Crippen molar-refractivity contribution in [2.45, 2.75) is 32.1 Å². The van der Waals surface area contributed by atoms with Crippen molar-refractivity contribution in [2.24, 2.45) is 5.92 Å². The molecule has 0 unspecified atom stereocenters. The van der Waals surface area contributed by atoms with E-state index in [1.807, 2.05) is 4.57 Å². The van der Waals surface area contributed by atoms with Crippen molar-refractivity contribution in [2.75, 3.05) is 6.54 Å². The third kappa shape index (κ3) is 4.33. The van der Waals surface area contributed by atoms with E-state index in [4.69, 9.17) is 0 Å². The van der Waals surface area contributed by atoms with Crippen molar-refractivity contribution in [3.63, 3.8) is 0 Å². The number of carbonyl (C=O) groups excluding carboxylic acids is 1. The number of hydrogen-bond donors (Lipinski definition) is 0. The summed E-state index contributed by atoms with van der Waals surface area (Å²) in [5.74, 6) is 0.906. The minimum absolute atomic E-state index is 0.105. The van der Waals surface area contributed by atoms with Crippen molar-refractivity contribution in [3.05, 3.63) is 66.3 Å². The summed E-state index contributed by atoms with van der Waals surface area (Å²) in [4.78, 5) is 18.4. The van der Waals surface area contributed by atoms with Gasteiger partial charge in [-0.05, 0) is 30.5 Å². The number of imidazole rings is 1. The Labute approximate surface area is 149 Å². The van der Waals surface area contributed by atoms with Gasteiger partial charge in [0.15, 0.2) is 0 Å². The number of hydrogen-bond acceptors (Lipinski definition) is 2. The lowest BCUT2D eigenvalue weighted by atomic mass is 10.1. The SMILES string of the molecule is C=CCN(Cc1nccn1Cc1ccc(C(F)(F)F)cc1)C(=O)C1CC1. The Hall–Kier alpha value is -2.57. The second-order valence-corrected chi connectivity index (χ2v) is 6.45. The normalized spacial score (nSPS) is 14.3. The molecule has 0 aliphatic heterocycles. The van der Waals surface area contributed by atoms with Crippen LogP contribution in [0.5, 0.6) is 0 Å². The molecule has 7 heteroatoms. The van der Waals surface area contributed by atoms with Crippen LogP contribution in [-0.4, -0.2) is 26.9 Å². The van der Waals surface area contributed by atoms with Gasteiger partial charge in [-0.3, -0.25) is 4.79 Å². The smallest absolute Gasteiger partial charge is 0.331 e. The van der Waals surface area contributed by atoms with Gasteiger partial charge < -0.3 is 9.47 Å². The molecule has 1 aliphatic carbocycles. The average molecular weight is 363 g/mol. The second kappa shape index (κ2) is 7.35. The van der Waals surface area contributed by atoms with Crippen LogP contribution in [0.2, 0.25) is 0 Å². The van der Waals surface area contributed by atoms with E-state index >= 15 is 0 Å². The number of rotatable bonds is 7. The molecular weight excluding hydrogens is 343 g/mol. The molecule has 0 atom stereocenters. The van der Waals surface area contributed by atoms with Crippen LogP contribution in [0.1, 0.15) is 29.8 Å². The molecule has 4 nitrogen and oxygen atoms in total. The standard InChI is InChI=1S/C19H20F3N3O/c1-2-10-25(18(26)15-5-6-15)13-17-23-9-11-24(17)12-14-3-7-16(8-4-14)19(20,21)22/h2-4,7-9,11,15H,1,5-6,10,12-13H2. The summed E-state index contributed by atoms with van der Waals surface area (Å²) in [6, 6.07) is 5.08. The molecule has 0 bridgehead atoms. The molecule has 1 aliphatic rings. The number of halogens is 3. The van der Waals surface area contributed by atoms with Gasteiger partial charge in [0, 0.05) is 31.4 Å². The first-order chi connectivity index (χ1) is 12.4. The number of benzene rings is 1. The molecular formula is C19H20F3N3O. The molecule has 1 fully saturated rings. The van der Waals surface area contributed by atoms with Crippen molar-refractivity contribution >= 4 is 5.91 Å². The highest BCUT2D eigenvalue weighted by Gasteiger charge is 2.33. The molecule has 0 N–H and O–H groups in total. The van der Waals surface area contributed by atoms with Gasteiger partial charge in [0.1, 0.15) is 5.82 Å². The lowest BCUT2D eigenvalue weighted by Gasteiger charge is -2.21. The monoisotopic (exact) mass is 363 g/mol. The maximum absolute atomic E-state index is 12.7. The van der Waals surface area contributed by atoms with E-state index in [1.165, 1.54) is 12.1 Å². The Balaban J connectivity index is 1.71. The molecule has 1 saturated carbocycles. The Morgan fingerprint density at radius 2 is 2.00 bits per heavy atom. The quantitative estimate of drug-likeness (QED) is 0.701. The Morgan fingerprint density at radius 3 is 2.58 bits per heavy atom. The van der Waals surface area contributed by atoms with Gasteiger partial charge in [0.05, 0.1) is 12.1 Å². The summed E-state index contributed by atoms with van der Waals surface area (Å²) in [6.45, 7) is 4.90. The van der Waals surface area contributed by atoms with E-state index in [9.17, 15) is 18.0 Å². The Kier molecular flexibility index (Phi) is 5.15. The minimum atomic E-state index is -4.34. The summed E-state index contributed by atoms with van der Waals surface area (Å²) < 4.78 is 39.8. The first-order valence-electron chi connectivity index (χ1n) is 8.44. The summed E-state index contributed by atoms with van der Waals surface area (Å²) in [5, 5.41) is 0. The number of aromatic nitrogens is 2. The fourth-order valence-corrected chi connectivity index (χ4v) is 2.78. The van der Waals surface area contributed by atoms with E-state index in [0.717, 1.165) is 30.5 Å². The minimum Gasteiger partial charge on any atom is -0.331 e. The molecule has 3 rings (SSSR count). The van der Waals surface area contributed by atoms with E-state index in [0.29, 0.717) is 25.5 Å². The van der Waals surface area contributed by atoms with Crippen LogP contribution < -0.4 is 0 Å². The zero-order valence-corrected chi connectivity index (χ0v) is 14.2. The third-order valence-electron chi connectivity index (χ3n) is 4.36. The van der Waals surface area contributed by atoms with E-state index in [-0.39, 0.29) is 11.8 Å². The predicted octanol–water partition coefficient (Wildman–Crippen LogP) is 3.87. The highest BCUT2D eigenvalue weighted by molar-refractivity contribution is 5.81. The van der Waals surface area contributed by atoms with Gasteiger partial charge >= 0.3 is 6.18 Å². The van der Waals surface area contributed by atoms with Crippen LogP contribution in [0.4, 0.5) is 13.2 Å². The molecule has 1 aromatic carbocycles. The number of nitrogens with zero attached hydrogens (tertiary/aromatic N) is 3. The van der Waals surface area contributed by atoms with E-state index in [2.05, 4.69) is 11.6 Å². The first-order valence-corrected chi connectivity index (χ1v) is 8.44. The summed E-state index contributed by atoms with van der Waals surface area (Å²) in [6.07, 6.45) is 2.59. The van der Waals surface area contributed by atoms with E-state index < -0.39 is 11.7 Å². The van der Waals surface area contributed by atoms with Crippen LogP contribution in [0.15, 0.2) is 49.3 Å². The second-order valence-electron chi connectivity index (χ2n) is 6.45. The third-order valence-corrected chi connectivity index (χ3v) is 4.36. The van der Waals surface area contributed by atoms with Crippen molar-refractivity contribution < 1.29 is 18.0 Å². The number of alkyl halides is 3. The molecule has 0 saturated heterocycles. The van der Waals surface area contributed by atoms with Crippen LogP contribution in [0.25, 0.3) is 0 Å². The van der Waals surface area contributed by atoms with Crippen molar-refractivity contribution in [1.82, 2.24) is 14.5 Å². The molecule has 1 aromatic heterocycles. The van der Waals surface area contributed by atoms with Crippen molar-refractivity contribution in [3.8, 4) is 0 Å². The zero-order chi connectivity index (χ0) is 18.7. The maximum Gasteiger partial charge on any atom is 0.416 e. The summed E-state index contributed by atoms with van der Waals surface area (Å²) in [7, 11) is 0. The number of carbonyl (C=O) groups is 1. The Morgan fingerprint density at radius 1 is 1.31 bits per heavy atom. The fourth-order valence-electron chi connectivity index (χ4n) is 2.78. The van der Waals surface area contributed by atoms with Crippen molar-refractivity contribution in [1.29, 1.82) is 0 Å². The lowest BCUT2D eigenvalue weighted by molar-refractivity contribution is -0.137. The summed E-state index contributed by atoms with van der Waals surface area (Å²) >= 11 is 0. The van der Waals surface area contributed by atoms with Crippen LogP contribution in [-0.2, 0) is 24.1 Å². The lowest BCUT2D eigenvalue weighted by Crippen LogP contribution is -2.33. The predicted molar refractivity (Wildman–Crippen MR) is 91.1 cm³/mol. The average Bonchev–Trinajstić information content (AvgIpc) is 3.36. The topological polar surface area (TPSA) is 38.1 Å². The van der Waals surface area contributed by atoms with Gasteiger partial charge in [-0.2, -0.15) is 13.2 Å². The zero-order valence-electron chi connectivity index (χ0n) is 14.2. The Bertz CT molecular complexity index is 776. The molecule has 26 heavy (non-hydrogen) atoms. The largest absolute Gasteiger partial charge is 0.416 e. The maximum atomic E-state index is 12.7. The van der Waals surface area contributed by atoms with E-state index in [1.54, 1.807) is 23.4 Å². The van der Waals surface area contributed by atoms with Gasteiger partial charge in [0.25, 0.3) is 0 Å². The first kappa shape index (κ1) is 18.2. The van der Waals surface area contributed by atoms with Crippen LogP contribution in [0, 0.1) is 5.92 Å².